The molecule has 2 saturated carbocycles. The molecule has 3 nitrogen and oxygen atoms in total. The number of Topliss-reactive ketones (excluding diaryl/α,β-unsaturated/α-hetero) is 1. The number of ketones is 1. The summed E-state index contributed by atoms with van der Waals surface area (Å²) < 4.78 is 0. The van der Waals surface area contributed by atoms with Crippen LogP contribution in [0.25, 0.3) is 0 Å². The first-order chi connectivity index (χ1) is 9.08. The summed E-state index contributed by atoms with van der Waals surface area (Å²) in [6.45, 7) is 4.49. The van der Waals surface area contributed by atoms with Crippen LogP contribution in [0.2, 0.25) is 0 Å². The molecule has 5 atom stereocenters. The maximum atomic E-state index is 12.6. The highest BCUT2D eigenvalue weighted by atomic mass is 16.3. The van der Waals surface area contributed by atoms with Gasteiger partial charge in [-0.3, -0.25) is 9.69 Å². The number of carbonyl (C=O) groups is 1. The highest BCUT2D eigenvalue weighted by Gasteiger charge is 2.69. The smallest absolute Gasteiger partial charge is 0.166 e. The molecule has 2 saturated heterocycles. The second-order valence-electron chi connectivity index (χ2n) is 7.56. The van der Waals surface area contributed by atoms with Crippen molar-refractivity contribution in [2.45, 2.75) is 63.0 Å². The topological polar surface area (TPSA) is 40.5 Å². The van der Waals surface area contributed by atoms with Crippen LogP contribution in [0.1, 0.15) is 51.9 Å². The van der Waals surface area contributed by atoms with Crippen LogP contribution < -0.4 is 0 Å². The Morgan fingerprint density at radius 3 is 2.95 bits per heavy atom. The van der Waals surface area contributed by atoms with E-state index in [1.54, 1.807) is 0 Å². The summed E-state index contributed by atoms with van der Waals surface area (Å²) >= 11 is 0. The van der Waals surface area contributed by atoms with Crippen molar-refractivity contribution in [1.29, 1.82) is 0 Å². The number of nitrogens with zero attached hydrogens (tertiary/aromatic N) is 1. The molecule has 0 aromatic rings. The summed E-state index contributed by atoms with van der Waals surface area (Å²) in [5, 5.41) is 11.3. The van der Waals surface area contributed by atoms with Crippen LogP contribution in [-0.2, 0) is 4.79 Å². The predicted molar refractivity (Wildman–Crippen MR) is 72.7 cm³/mol. The first kappa shape index (κ1) is 12.3. The summed E-state index contributed by atoms with van der Waals surface area (Å²) in [7, 11) is 0. The highest BCUT2D eigenvalue weighted by Crippen LogP contribution is 2.60. The third kappa shape index (κ3) is 1.33. The first-order valence-corrected chi connectivity index (χ1v) is 8.09. The van der Waals surface area contributed by atoms with Gasteiger partial charge in [-0.15, -0.1) is 0 Å². The van der Waals surface area contributed by atoms with E-state index in [2.05, 4.69) is 11.8 Å². The quantitative estimate of drug-likeness (QED) is 0.726. The molecule has 19 heavy (non-hydrogen) atoms. The van der Waals surface area contributed by atoms with Crippen molar-refractivity contribution in [2.24, 2.45) is 17.8 Å². The lowest BCUT2D eigenvalue weighted by atomic mass is 9.47. The summed E-state index contributed by atoms with van der Waals surface area (Å²) in [4.78, 5) is 15.1. The van der Waals surface area contributed by atoms with E-state index in [1.807, 2.05) is 0 Å². The van der Waals surface area contributed by atoms with E-state index in [0.29, 0.717) is 30.6 Å². The van der Waals surface area contributed by atoms with Gasteiger partial charge < -0.3 is 5.11 Å². The molecule has 3 heteroatoms. The van der Waals surface area contributed by atoms with Crippen LogP contribution in [-0.4, -0.2) is 40.0 Å². The lowest BCUT2D eigenvalue weighted by Crippen LogP contribution is -2.79. The Hall–Kier alpha value is -0.410. The fourth-order valence-corrected chi connectivity index (χ4v) is 6.18. The van der Waals surface area contributed by atoms with E-state index in [-0.39, 0.29) is 11.3 Å². The van der Waals surface area contributed by atoms with E-state index in [1.165, 1.54) is 19.3 Å². The molecule has 106 valence electrons. The molecule has 1 N–H and O–H groups in total. The maximum Gasteiger partial charge on any atom is 0.166 e. The minimum atomic E-state index is -1.03. The summed E-state index contributed by atoms with van der Waals surface area (Å²) in [5.74, 6) is 1.92. The van der Waals surface area contributed by atoms with E-state index in [0.717, 1.165) is 25.9 Å². The van der Waals surface area contributed by atoms with Crippen LogP contribution >= 0.6 is 0 Å². The van der Waals surface area contributed by atoms with Crippen molar-refractivity contribution < 1.29 is 9.90 Å². The molecule has 2 aliphatic heterocycles. The minimum Gasteiger partial charge on any atom is -0.380 e. The van der Waals surface area contributed by atoms with Crippen molar-refractivity contribution >= 4 is 5.78 Å². The molecule has 2 bridgehead atoms. The Kier molecular flexibility index (Phi) is 2.48. The zero-order valence-electron chi connectivity index (χ0n) is 11.9. The van der Waals surface area contributed by atoms with E-state index < -0.39 is 5.60 Å². The van der Waals surface area contributed by atoms with Gasteiger partial charge in [-0.25, -0.2) is 0 Å². The zero-order chi connectivity index (χ0) is 13.3. The van der Waals surface area contributed by atoms with Gasteiger partial charge in [0.2, 0.25) is 0 Å². The van der Waals surface area contributed by atoms with Crippen molar-refractivity contribution in [2.75, 3.05) is 13.1 Å². The third-order valence-electron chi connectivity index (χ3n) is 6.65. The molecule has 2 heterocycles. The van der Waals surface area contributed by atoms with Gasteiger partial charge in [0.05, 0.1) is 5.54 Å². The normalized spacial score (nSPS) is 53.8. The van der Waals surface area contributed by atoms with E-state index >= 15 is 0 Å². The molecular weight excluding hydrogens is 238 g/mol. The summed E-state index contributed by atoms with van der Waals surface area (Å²) in [5.41, 5.74) is -1.22. The zero-order valence-corrected chi connectivity index (χ0v) is 11.9. The number of hydrogen-bond donors (Lipinski definition) is 1. The SMILES string of the molecule is C[C@H]1C[C@H]2CC(=O)[C@]3(O)CCCN4CCC[C@H]2[C@@]43C1. The van der Waals surface area contributed by atoms with Gasteiger partial charge in [-0.1, -0.05) is 6.92 Å². The first-order valence-electron chi connectivity index (χ1n) is 8.09. The Morgan fingerprint density at radius 2 is 2.11 bits per heavy atom. The lowest BCUT2D eigenvalue weighted by Gasteiger charge is -2.68. The fraction of sp³-hybridized carbons (Fsp3) is 0.938. The van der Waals surface area contributed by atoms with Crippen LogP contribution in [0.15, 0.2) is 0 Å². The Morgan fingerprint density at radius 1 is 1.32 bits per heavy atom. The second-order valence-corrected chi connectivity index (χ2v) is 7.56. The van der Waals surface area contributed by atoms with Gasteiger partial charge in [-0.05, 0) is 69.4 Å². The highest BCUT2D eigenvalue weighted by molar-refractivity contribution is 5.90. The Bertz CT molecular complexity index is 421. The van der Waals surface area contributed by atoms with E-state index in [4.69, 9.17) is 0 Å². The van der Waals surface area contributed by atoms with Gasteiger partial charge in [0, 0.05) is 6.42 Å². The van der Waals surface area contributed by atoms with Crippen LogP contribution in [0.5, 0.6) is 0 Å². The molecule has 0 unspecified atom stereocenters. The number of piperidine rings is 2. The molecule has 2 aliphatic carbocycles. The lowest BCUT2D eigenvalue weighted by molar-refractivity contribution is -0.230. The van der Waals surface area contributed by atoms with E-state index in [9.17, 15) is 9.90 Å². The molecular formula is C16H25NO2. The van der Waals surface area contributed by atoms with Crippen molar-refractivity contribution in [1.82, 2.24) is 4.90 Å². The van der Waals surface area contributed by atoms with Gasteiger partial charge >= 0.3 is 0 Å². The largest absolute Gasteiger partial charge is 0.380 e. The van der Waals surface area contributed by atoms with Crippen LogP contribution in [0, 0.1) is 17.8 Å². The second kappa shape index (κ2) is 3.82. The molecule has 4 aliphatic rings. The fourth-order valence-electron chi connectivity index (χ4n) is 6.18. The average Bonchev–Trinajstić information content (AvgIpc) is 2.36. The Balaban J connectivity index is 1.88. The molecule has 0 aromatic carbocycles. The maximum absolute atomic E-state index is 12.6. The van der Waals surface area contributed by atoms with Crippen molar-refractivity contribution in [3.63, 3.8) is 0 Å². The summed E-state index contributed by atoms with van der Waals surface area (Å²) in [6, 6.07) is 0. The summed E-state index contributed by atoms with van der Waals surface area (Å²) in [6.07, 6.45) is 7.04. The number of carbonyl (C=O) groups excluding carboxylic acids is 1. The number of rotatable bonds is 0. The Labute approximate surface area is 115 Å². The van der Waals surface area contributed by atoms with Gasteiger partial charge in [0.25, 0.3) is 0 Å². The molecule has 4 fully saturated rings. The van der Waals surface area contributed by atoms with Crippen LogP contribution in [0.4, 0.5) is 0 Å². The van der Waals surface area contributed by atoms with Crippen molar-refractivity contribution in [3.05, 3.63) is 0 Å². The minimum absolute atomic E-state index is 0.159. The molecule has 0 radical (unpaired) electrons. The van der Waals surface area contributed by atoms with Gasteiger partial charge in [-0.2, -0.15) is 0 Å². The van der Waals surface area contributed by atoms with Crippen LogP contribution in [0.3, 0.4) is 0 Å². The van der Waals surface area contributed by atoms with Crippen molar-refractivity contribution in [3.8, 4) is 0 Å². The monoisotopic (exact) mass is 263 g/mol. The van der Waals surface area contributed by atoms with Gasteiger partial charge in [0.15, 0.2) is 5.78 Å². The standard InChI is InChI=1S/C16H25NO2/c1-11-8-12-9-14(18)16(19)5-3-7-17-6-2-4-13(12)15(16,17)10-11/h11-13,19H,2-10H2,1H3/t11-,12-,13+,15+,16+/m0/s1. The molecule has 0 aromatic heterocycles. The molecule has 4 rings (SSSR count). The molecule has 0 amide bonds. The predicted octanol–water partition coefficient (Wildman–Crippen LogP) is 1.98. The average molecular weight is 263 g/mol. The van der Waals surface area contributed by atoms with Gasteiger partial charge in [0.1, 0.15) is 5.60 Å². The number of hydrogen-bond acceptors (Lipinski definition) is 3. The molecule has 1 spiro atoms. The number of aliphatic hydroxyl groups is 1. The third-order valence-corrected chi connectivity index (χ3v) is 6.65.